The van der Waals surface area contributed by atoms with E-state index < -0.39 is 5.60 Å². The third-order valence-corrected chi connectivity index (χ3v) is 3.20. The van der Waals surface area contributed by atoms with E-state index in [2.05, 4.69) is 5.32 Å². The van der Waals surface area contributed by atoms with Crippen molar-refractivity contribution < 1.29 is 14.3 Å². The molecule has 1 N–H and O–H groups in total. The molecule has 2 fully saturated rings. The summed E-state index contributed by atoms with van der Waals surface area (Å²) in [4.78, 5) is 11.8. The number of alkyl carbamates (subject to hydrolysis) is 1. The van der Waals surface area contributed by atoms with Gasteiger partial charge < -0.3 is 14.8 Å². The van der Waals surface area contributed by atoms with Crippen molar-refractivity contribution >= 4 is 6.09 Å². The topological polar surface area (TPSA) is 50.9 Å². The van der Waals surface area contributed by atoms with Gasteiger partial charge in [0.05, 0.1) is 12.1 Å². The molecule has 0 spiro atoms. The summed E-state index contributed by atoms with van der Waals surface area (Å²) in [6, 6.07) is 0. The molecule has 0 aromatic heterocycles. The van der Waals surface area contributed by atoms with Gasteiger partial charge in [-0.15, -0.1) is 0 Å². The lowest BCUT2D eigenvalue weighted by Crippen LogP contribution is -2.52. The molecular weight excluding hydrogens is 206 g/mol. The monoisotopic (exact) mass is 227 g/mol. The van der Waals surface area contributed by atoms with E-state index in [1.54, 1.807) is 0 Å². The Morgan fingerprint density at radius 1 is 1.38 bits per heavy atom. The predicted octanol–water partition coefficient (Wildman–Crippen LogP) is 2.22. The van der Waals surface area contributed by atoms with Gasteiger partial charge in [0.15, 0.2) is 0 Å². The molecule has 0 aromatic rings. The van der Waals surface area contributed by atoms with Crippen molar-refractivity contribution in [2.45, 2.75) is 63.7 Å². The minimum absolute atomic E-state index is 0.150. The SMILES string of the molecule is CC(C)(C)OC(=O)NC1([C@H]2CO2)CCCC1. The summed E-state index contributed by atoms with van der Waals surface area (Å²) >= 11 is 0. The molecule has 1 saturated heterocycles. The third kappa shape index (κ3) is 2.67. The normalized spacial score (nSPS) is 27.6. The summed E-state index contributed by atoms with van der Waals surface area (Å²) < 4.78 is 10.7. The van der Waals surface area contributed by atoms with Gasteiger partial charge in [0.1, 0.15) is 11.7 Å². The first-order chi connectivity index (χ1) is 7.41. The molecule has 0 unspecified atom stereocenters. The van der Waals surface area contributed by atoms with Crippen LogP contribution >= 0.6 is 0 Å². The minimum atomic E-state index is -0.436. The second kappa shape index (κ2) is 3.91. The maximum absolute atomic E-state index is 11.8. The average molecular weight is 227 g/mol. The molecule has 0 radical (unpaired) electrons. The highest BCUT2D eigenvalue weighted by atomic mass is 16.6. The lowest BCUT2D eigenvalue weighted by Gasteiger charge is -2.30. The Kier molecular flexibility index (Phi) is 2.86. The molecule has 4 heteroatoms. The Hall–Kier alpha value is -0.770. The smallest absolute Gasteiger partial charge is 0.408 e. The summed E-state index contributed by atoms with van der Waals surface area (Å²) in [6.07, 6.45) is 4.24. The van der Waals surface area contributed by atoms with E-state index in [1.165, 1.54) is 0 Å². The van der Waals surface area contributed by atoms with Crippen LogP contribution in [0.2, 0.25) is 0 Å². The van der Waals surface area contributed by atoms with Crippen LogP contribution in [-0.2, 0) is 9.47 Å². The number of rotatable bonds is 2. The minimum Gasteiger partial charge on any atom is -0.444 e. The molecule has 0 aromatic carbocycles. The van der Waals surface area contributed by atoms with Crippen LogP contribution in [0.3, 0.4) is 0 Å². The standard InChI is InChI=1S/C12H21NO3/c1-11(2,3)16-10(14)13-12(9-8-15-9)6-4-5-7-12/h9H,4-8H2,1-3H3,(H,13,14)/t9-/m1/s1. The summed E-state index contributed by atoms with van der Waals surface area (Å²) in [7, 11) is 0. The van der Waals surface area contributed by atoms with Gasteiger partial charge in [0.25, 0.3) is 0 Å². The molecule has 4 nitrogen and oxygen atoms in total. The van der Waals surface area contributed by atoms with Crippen molar-refractivity contribution in [1.29, 1.82) is 0 Å². The van der Waals surface area contributed by atoms with Crippen LogP contribution in [0.15, 0.2) is 0 Å². The van der Waals surface area contributed by atoms with Crippen LogP contribution in [-0.4, -0.2) is 29.9 Å². The summed E-state index contributed by atoms with van der Waals surface area (Å²) in [5.41, 5.74) is -0.587. The van der Waals surface area contributed by atoms with E-state index >= 15 is 0 Å². The molecule has 1 amide bonds. The molecule has 1 heterocycles. The van der Waals surface area contributed by atoms with Crippen LogP contribution in [0.5, 0.6) is 0 Å². The number of ether oxygens (including phenoxy) is 2. The zero-order valence-corrected chi connectivity index (χ0v) is 10.3. The molecule has 16 heavy (non-hydrogen) atoms. The van der Waals surface area contributed by atoms with Gasteiger partial charge >= 0.3 is 6.09 Å². The number of carbonyl (C=O) groups is 1. The van der Waals surface area contributed by atoms with E-state index in [1.807, 2.05) is 20.8 Å². The highest BCUT2D eigenvalue weighted by molar-refractivity contribution is 5.69. The Labute approximate surface area is 96.7 Å². The number of carbonyl (C=O) groups excluding carboxylic acids is 1. The van der Waals surface area contributed by atoms with Crippen LogP contribution in [0.4, 0.5) is 4.79 Å². The zero-order chi connectivity index (χ0) is 11.8. The Morgan fingerprint density at radius 3 is 2.38 bits per heavy atom. The molecule has 2 rings (SSSR count). The highest BCUT2D eigenvalue weighted by Gasteiger charge is 2.50. The quantitative estimate of drug-likeness (QED) is 0.736. The second-order valence-electron chi connectivity index (χ2n) is 5.81. The fourth-order valence-electron chi connectivity index (χ4n) is 2.41. The number of amides is 1. The van der Waals surface area contributed by atoms with Gasteiger partial charge in [-0.05, 0) is 33.6 Å². The number of epoxide rings is 1. The van der Waals surface area contributed by atoms with E-state index in [0.29, 0.717) is 0 Å². The highest BCUT2D eigenvalue weighted by Crippen LogP contribution is 2.39. The number of nitrogens with one attached hydrogen (secondary N) is 1. The van der Waals surface area contributed by atoms with Gasteiger partial charge in [-0.2, -0.15) is 0 Å². The van der Waals surface area contributed by atoms with Crippen molar-refractivity contribution in [2.75, 3.05) is 6.61 Å². The zero-order valence-electron chi connectivity index (χ0n) is 10.3. The van der Waals surface area contributed by atoms with Crippen LogP contribution in [0.1, 0.15) is 46.5 Å². The van der Waals surface area contributed by atoms with Crippen molar-refractivity contribution in [3.05, 3.63) is 0 Å². The summed E-state index contributed by atoms with van der Waals surface area (Å²) in [6.45, 7) is 6.40. The van der Waals surface area contributed by atoms with Crippen molar-refractivity contribution in [3.63, 3.8) is 0 Å². The molecule has 2 aliphatic rings. The van der Waals surface area contributed by atoms with Crippen LogP contribution in [0.25, 0.3) is 0 Å². The van der Waals surface area contributed by atoms with Gasteiger partial charge in [0, 0.05) is 0 Å². The first kappa shape index (κ1) is 11.7. The number of hydrogen-bond donors (Lipinski definition) is 1. The lowest BCUT2D eigenvalue weighted by atomic mass is 9.94. The Morgan fingerprint density at radius 2 is 1.94 bits per heavy atom. The average Bonchev–Trinajstić information content (AvgIpc) is 2.86. The lowest BCUT2D eigenvalue weighted by molar-refractivity contribution is 0.0434. The maximum Gasteiger partial charge on any atom is 0.408 e. The van der Waals surface area contributed by atoms with Crippen molar-refractivity contribution in [2.24, 2.45) is 0 Å². The molecule has 0 bridgehead atoms. The van der Waals surface area contributed by atoms with E-state index in [4.69, 9.17) is 9.47 Å². The predicted molar refractivity (Wildman–Crippen MR) is 60.3 cm³/mol. The van der Waals surface area contributed by atoms with Crippen LogP contribution < -0.4 is 5.32 Å². The molecule has 92 valence electrons. The first-order valence-electron chi connectivity index (χ1n) is 6.04. The van der Waals surface area contributed by atoms with Crippen molar-refractivity contribution in [1.82, 2.24) is 5.32 Å². The Bertz CT molecular complexity index is 272. The van der Waals surface area contributed by atoms with Gasteiger partial charge in [-0.25, -0.2) is 4.79 Å². The Balaban J connectivity index is 1.93. The van der Waals surface area contributed by atoms with Crippen LogP contribution in [0, 0.1) is 0 Å². The molecule has 1 aliphatic carbocycles. The molecule has 1 saturated carbocycles. The number of hydrogen-bond acceptors (Lipinski definition) is 3. The molecule has 1 aliphatic heterocycles. The van der Waals surface area contributed by atoms with E-state index in [-0.39, 0.29) is 17.7 Å². The van der Waals surface area contributed by atoms with Gasteiger partial charge in [0.2, 0.25) is 0 Å². The largest absolute Gasteiger partial charge is 0.444 e. The fourth-order valence-corrected chi connectivity index (χ4v) is 2.41. The summed E-state index contributed by atoms with van der Waals surface area (Å²) in [5.74, 6) is 0. The first-order valence-corrected chi connectivity index (χ1v) is 6.04. The summed E-state index contributed by atoms with van der Waals surface area (Å²) in [5, 5.41) is 3.02. The van der Waals surface area contributed by atoms with Gasteiger partial charge in [-0.1, -0.05) is 12.8 Å². The molecular formula is C12H21NO3. The van der Waals surface area contributed by atoms with Gasteiger partial charge in [-0.3, -0.25) is 0 Å². The fraction of sp³-hybridized carbons (Fsp3) is 0.917. The molecule has 1 atom stereocenters. The van der Waals surface area contributed by atoms with E-state index in [0.717, 1.165) is 32.3 Å². The second-order valence-corrected chi connectivity index (χ2v) is 5.81. The van der Waals surface area contributed by atoms with Crippen molar-refractivity contribution in [3.8, 4) is 0 Å². The maximum atomic E-state index is 11.8. The van der Waals surface area contributed by atoms with E-state index in [9.17, 15) is 4.79 Å². The third-order valence-electron chi connectivity index (χ3n) is 3.20.